The van der Waals surface area contributed by atoms with Gasteiger partial charge in [-0.25, -0.2) is 9.52 Å². The number of likely N-dealkylation sites (tertiary alicyclic amines) is 1. The van der Waals surface area contributed by atoms with Gasteiger partial charge in [0.25, 0.3) is 0 Å². The number of rotatable bonds is 2. The molecular weight excluding hydrogens is 234 g/mol. The van der Waals surface area contributed by atoms with Crippen LogP contribution in [0.1, 0.15) is 12.8 Å². The van der Waals surface area contributed by atoms with Crippen molar-refractivity contribution in [2.45, 2.75) is 12.8 Å². The van der Waals surface area contributed by atoms with Crippen molar-refractivity contribution in [2.24, 2.45) is 10.9 Å². The summed E-state index contributed by atoms with van der Waals surface area (Å²) in [4.78, 5) is 16.7. The Morgan fingerprint density at radius 2 is 1.94 bits per heavy atom. The SMILES string of the molecule is O=C(O)N1CCC(CN=c2ccn(O)cc2)CC1. The lowest BCUT2D eigenvalue weighted by atomic mass is 9.97. The third-order valence-electron chi connectivity index (χ3n) is 3.21. The number of hydrogen-bond donors (Lipinski definition) is 2. The molecule has 1 fully saturated rings. The molecule has 2 heterocycles. The summed E-state index contributed by atoms with van der Waals surface area (Å²) in [6.07, 6.45) is 3.96. The Balaban J connectivity index is 1.87. The van der Waals surface area contributed by atoms with E-state index in [4.69, 9.17) is 10.3 Å². The molecule has 2 rings (SSSR count). The molecule has 0 unspecified atom stereocenters. The highest BCUT2D eigenvalue weighted by atomic mass is 16.5. The number of nitrogens with zero attached hydrogens (tertiary/aromatic N) is 3. The first-order valence-corrected chi connectivity index (χ1v) is 6.01. The van der Waals surface area contributed by atoms with Crippen LogP contribution in [0.4, 0.5) is 4.79 Å². The molecule has 1 aliphatic heterocycles. The molecule has 1 aromatic heterocycles. The van der Waals surface area contributed by atoms with Crippen molar-refractivity contribution in [3.8, 4) is 0 Å². The van der Waals surface area contributed by atoms with E-state index < -0.39 is 6.09 Å². The second kappa shape index (κ2) is 5.57. The maximum Gasteiger partial charge on any atom is 0.407 e. The lowest BCUT2D eigenvalue weighted by molar-refractivity contribution is 0.125. The molecule has 0 bridgehead atoms. The van der Waals surface area contributed by atoms with E-state index in [1.54, 1.807) is 12.1 Å². The summed E-state index contributed by atoms with van der Waals surface area (Å²) < 4.78 is 0.977. The Kier molecular flexibility index (Phi) is 3.86. The van der Waals surface area contributed by atoms with E-state index in [9.17, 15) is 4.79 Å². The zero-order valence-corrected chi connectivity index (χ0v) is 10.1. The van der Waals surface area contributed by atoms with Crippen LogP contribution >= 0.6 is 0 Å². The summed E-state index contributed by atoms with van der Waals surface area (Å²) in [5.41, 5.74) is 0. The topological polar surface area (TPSA) is 78.1 Å². The van der Waals surface area contributed by atoms with Crippen LogP contribution in [0, 0.1) is 5.92 Å². The number of amides is 1. The molecule has 1 aliphatic rings. The van der Waals surface area contributed by atoms with E-state index in [1.165, 1.54) is 17.3 Å². The van der Waals surface area contributed by atoms with Gasteiger partial charge in [-0.1, -0.05) is 0 Å². The van der Waals surface area contributed by atoms with Crippen LogP contribution in [0.5, 0.6) is 0 Å². The Bertz CT molecular complexity index is 455. The number of hydrogen-bond acceptors (Lipinski definition) is 3. The van der Waals surface area contributed by atoms with Crippen molar-refractivity contribution < 1.29 is 15.1 Å². The summed E-state index contributed by atoms with van der Waals surface area (Å²) >= 11 is 0. The van der Waals surface area contributed by atoms with Gasteiger partial charge in [-0.2, -0.15) is 0 Å². The predicted molar refractivity (Wildman–Crippen MR) is 64.4 cm³/mol. The number of piperidine rings is 1. The fraction of sp³-hybridized carbons (Fsp3) is 0.500. The summed E-state index contributed by atoms with van der Waals surface area (Å²) in [5, 5.41) is 18.7. The van der Waals surface area contributed by atoms with Crippen LogP contribution in [0.2, 0.25) is 0 Å². The van der Waals surface area contributed by atoms with Crippen molar-refractivity contribution >= 4 is 6.09 Å². The summed E-state index contributed by atoms with van der Waals surface area (Å²) in [7, 11) is 0. The smallest absolute Gasteiger partial charge is 0.407 e. The van der Waals surface area contributed by atoms with Gasteiger partial charge in [-0.15, -0.1) is 0 Å². The van der Waals surface area contributed by atoms with E-state index in [0.29, 0.717) is 25.6 Å². The van der Waals surface area contributed by atoms with Gasteiger partial charge < -0.3 is 15.2 Å². The summed E-state index contributed by atoms with van der Waals surface area (Å²) in [6, 6.07) is 3.48. The van der Waals surface area contributed by atoms with Crippen LogP contribution in [-0.2, 0) is 0 Å². The Morgan fingerprint density at radius 3 is 2.50 bits per heavy atom. The van der Waals surface area contributed by atoms with Crippen molar-refractivity contribution in [3.05, 3.63) is 29.9 Å². The largest absolute Gasteiger partial charge is 0.465 e. The van der Waals surface area contributed by atoms with Crippen molar-refractivity contribution in [3.63, 3.8) is 0 Å². The molecule has 0 saturated carbocycles. The van der Waals surface area contributed by atoms with Crippen LogP contribution in [0.3, 0.4) is 0 Å². The minimum atomic E-state index is -0.832. The molecule has 1 aromatic rings. The van der Waals surface area contributed by atoms with Gasteiger partial charge in [-0.3, -0.25) is 4.99 Å². The van der Waals surface area contributed by atoms with Gasteiger partial charge in [0.15, 0.2) is 0 Å². The first-order valence-electron chi connectivity index (χ1n) is 6.01. The van der Waals surface area contributed by atoms with Gasteiger partial charge in [0.2, 0.25) is 0 Å². The zero-order valence-electron chi connectivity index (χ0n) is 10.1. The van der Waals surface area contributed by atoms with Gasteiger partial charge in [0.1, 0.15) is 0 Å². The first-order chi connectivity index (χ1) is 8.65. The van der Waals surface area contributed by atoms with E-state index in [0.717, 1.165) is 22.9 Å². The zero-order chi connectivity index (χ0) is 13.0. The molecule has 0 aromatic carbocycles. The van der Waals surface area contributed by atoms with E-state index >= 15 is 0 Å². The first kappa shape index (κ1) is 12.5. The van der Waals surface area contributed by atoms with E-state index in [1.807, 2.05) is 0 Å². The maximum atomic E-state index is 10.7. The second-order valence-electron chi connectivity index (χ2n) is 4.49. The van der Waals surface area contributed by atoms with Gasteiger partial charge in [0, 0.05) is 32.0 Å². The molecule has 98 valence electrons. The molecule has 2 N–H and O–H groups in total. The standard InChI is InChI=1S/C12H17N3O3/c16-12(17)14-5-1-10(2-6-14)9-13-11-3-7-15(18)8-4-11/h3-4,7-8,10,18H,1-2,5-6,9H2,(H,16,17). The molecule has 18 heavy (non-hydrogen) atoms. The average molecular weight is 251 g/mol. The average Bonchev–Trinajstić information content (AvgIpc) is 2.38. The highest BCUT2D eigenvalue weighted by Crippen LogP contribution is 2.17. The molecule has 6 heteroatoms. The summed E-state index contributed by atoms with van der Waals surface area (Å²) in [5.74, 6) is 0.446. The third-order valence-corrected chi connectivity index (χ3v) is 3.21. The van der Waals surface area contributed by atoms with Crippen LogP contribution in [-0.4, -0.2) is 45.7 Å². The molecular formula is C12H17N3O3. The number of pyridine rings is 1. The van der Waals surface area contributed by atoms with Crippen molar-refractivity contribution in [1.82, 2.24) is 9.63 Å². The second-order valence-corrected chi connectivity index (χ2v) is 4.49. The Labute approximate surface area is 105 Å². The van der Waals surface area contributed by atoms with E-state index in [-0.39, 0.29) is 0 Å². The molecule has 0 radical (unpaired) electrons. The molecule has 1 amide bonds. The lowest BCUT2D eigenvalue weighted by Gasteiger charge is -2.28. The lowest BCUT2D eigenvalue weighted by Crippen LogP contribution is -2.38. The fourth-order valence-electron chi connectivity index (χ4n) is 2.06. The molecule has 0 aliphatic carbocycles. The van der Waals surface area contributed by atoms with Crippen molar-refractivity contribution in [2.75, 3.05) is 19.6 Å². The fourth-order valence-corrected chi connectivity index (χ4v) is 2.06. The molecule has 6 nitrogen and oxygen atoms in total. The highest BCUT2D eigenvalue weighted by Gasteiger charge is 2.21. The monoisotopic (exact) mass is 251 g/mol. The predicted octanol–water partition coefficient (Wildman–Crippen LogP) is 1.02. The maximum absolute atomic E-state index is 10.7. The van der Waals surface area contributed by atoms with E-state index in [2.05, 4.69) is 4.99 Å². The number of aromatic nitrogens is 1. The minimum absolute atomic E-state index is 0.446. The Morgan fingerprint density at radius 1 is 1.33 bits per heavy atom. The third kappa shape index (κ3) is 3.26. The van der Waals surface area contributed by atoms with Crippen molar-refractivity contribution in [1.29, 1.82) is 0 Å². The van der Waals surface area contributed by atoms with Crippen LogP contribution in [0.25, 0.3) is 0 Å². The number of carbonyl (C=O) groups is 1. The van der Waals surface area contributed by atoms with Crippen LogP contribution in [0.15, 0.2) is 29.5 Å². The van der Waals surface area contributed by atoms with Crippen LogP contribution < -0.4 is 5.36 Å². The molecule has 0 spiro atoms. The number of carboxylic acid groups (broad SMARTS) is 1. The molecule has 1 saturated heterocycles. The minimum Gasteiger partial charge on any atom is -0.465 e. The van der Waals surface area contributed by atoms with Gasteiger partial charge in [-0.05, 0) is 30.9 Å². The van der Waals surface area contributed by atoms with Gasteiger partial charge >= 0.3 is 6.09 Å². The van der Waals surface area contributed by atoms with Gasteiger partial charge in [0.05, 0.1) is 5.36 Å². The highest BCUT2D eigenvalue weighted by molar-refractivity contribution is 5.64. The molecule has 0 atom stereocenters. The Hall–Kier alpha value is -1.98. The summed E-state index contributed by atoms with van der Waals surface area (Å²) in [6.45, 7) is 1.91. The quantitative estimate of drug-likeness (QED) is 0.770. The normalized spacial score (nSPS) is 16.6.